The quantitative estimate of drug-likeness (QED) is 0.632. The monoisotopic (exact) mass is 358 g/mol. The number of amides is 1. The van der Waals surface area contributed by atoms with E-state index in [9.17, 15) is 4.79 Å². The van der Waals surface area contributed by atoms with E-state index in [4.69, 9.17) is 0 Å². The molecule has 0 fully saturated rings. The van der Waals surface area contributed by atoms with Crippen LogP contribution in [0.4, 0.5) is 11.5 Å². The van der Waals surface area contributed by atoms with Crippen molar-refractivity contribution in [1.82, 2.24) is 9.97 Å². The molecule has 0 radical (unpaired) electrons. The Balaban J connectivity index is 1.95. The number of anilines is 2. The van der Waals surface area contributed by atoms with Crippen LogP contribution < -0.4 is 10.6 Å². The van der Waals surface area contributed by atoms with Crippen molar-refractivity contribution in [2.75, 3.05) is 17.2 Å². The number of hydrogen-bond acceptors (Lipinski definition) is 4. The lowest BCUT2D eigenvalue weighted by Crippen LogP contribution is -2.16. The van der Waals surface area contributed by atoms with Crippen molar-refractivity contribution in [1.29, 1.82) is 0 Å². The Morgan fingerprint density at radius 1 is 1.04 bits per heavy atom. The molecule has 0 aliphatic carbocycles. The molecule has 3 aromatic rings. The second-order valence-electron chi connectivity index (χ2n) is 6.33. The largest absolute Gasteiger partial charge is 0.366 e. The smallest absolute Gasteiger partial charge is 0.274 e. The number of aromatic nitrogens is 2. The number of nitrogens with one attached hydrogen (secondary N) is 2. The summed E-state index contributed by atoms with van der Waals surface area (Å²) >= 11 is 0. The molecule has 3 rings (SSSR count). The van der Waals surface area contributed by atoms with E-state index in [1.165, 1.54) is 0 Å². The molecule has 5 heteroatoms. The minimum Gasteiger partial charge on any atom is -0.366 e. The van der Waals surface area contributed by atoms with Crippen molar-refractivity contribution in [3.8, 4) is 11.4 Å². The van der Waals surface area contributed by atoms with E-state index in [1.54, 1.807) is 12.1 Å². The van der Waals surface area contributed by atoms with Crippen LogP contribution in [0.2, 0.25) is 0 Å². The lowest BCUT2D eigenvalue weighted by atomic mass is 10.1. The third-order valence-electron chi connectivity index (χ3n) is 3.90. The lowest BCUT2D eigenvalue weighted by Gasteiger charge is -2.11. The van der Waals surface area contributed by atoms with E-state index in [0.717, 1.165) is 22.4 Å². The molecule has 0 aliphatic heterocycles. The van der Waals surface area contributed by atoms with Crippen molar-refractivity contribution < 1.29 is 4.79 Å². The van der Waals surface area contributed by atoms with Crippen LogP contribution in [0.3, 0.4) is 0 Å². The fraction of sp³-hybridized carbons (Fsp3) is 0.136. The minimum absolute atomic E-state index is 0.277. The van der Waals surface area contributed by atoms with Gasteiger partial charge in [0.25, 0.3) is 5.91 Å². The van der Waals surface area contributed by atoms with Crippen LogP contribution in [0.15, 0.2) is 67.3 Å². The van der Waals surface area contributed by atoms with E-state index in [2.05, 4.69) is 33.2 Å². The van der Waals surface area contributed by atoms with Crippen LogP contribution in [0.25, 0.3) is 11.4 Å². The first-order chi connectivity index (χ1) is 13.0. The molecule has 1 heterocycles. The van der Waals surface area contributed by atoms with Gasteiger partial charge in [-0.3, -0.25) is 4.79 Å². The number of carbonyl (C=O) groups excluding carboxylic acids is 1. The predicted octanol–water partition coefficient (Wildman–Crippen LogP) is 4.61. The van der Waals surface area contributed by atoms with Gasteiger partial charge in [-0.25, -0.2) is 9.97 Å². The molecule has 0 aliphatic rings. The zero-order valence-electron chi connectivity index (χ0n) is 15.5. The van der Waals surface area contributed by atoms with Gasteiger partial charge in [0.2, 0.25) is 0 Å². The van der Waals surface area contributed by atoms with Gasteiger partial charge in [-0.15, -0.1) is 6.58 Å². The summed E-state index contributed by atoms with van der Waals surface area (Å²) in [5, 5.41) is 6.06. The Morgan fingerprint density at radius 2 is 1.74 bits per heavy atom. The molecule has 1 amide bonds. The predicted molar refractivity (Wildman–Crippen MR) is 110 cm³/mol. The summed E-state index contributed by atoms with van der Waals surface area (Å²) < 4.78 is 0. The molecule has 5 nitrogen and oxygen atoms in total. The first kappa shape index (κ1) is 18.3. The highest BCUT2D eigenvalue weighted by Crippen LogP contribution is 2.19. The van der Waals surface area contributed by atoms with E-state index in [1.807, 2.05) is 56.3 Å². The number of rotatable bonds is 6. The SMILES string of the molecule is C=CCNc1cc(C(=O)Nc2cc(C)cc(C)c2)nc(-c2ccccc2)n1. The molecule has 0 spiro atoms. The van der Waals surface area contributed by atoms with Crippen LogP contribution in [0.5, 0.6) is 0 Å². The number of nitrogens with zero attached hydrogens (tertiary/aromatic N) is 2. The number of benzene rings is 2. The zero-order chi connectivity index (χ0) is 19.2. The Kier molecular flexibility index (Phi) is 5.61. The van der Waals surface area contributed by atoms with Crippen LogP contribution in [0, 0.1) is 13.8 Å². The first-order valence-electron chi connectivity index (χ1n) is 8.74. The highest BCUT2D eigenvalue weighted by atomic mass is 16.1. The van der Waals surface area contributed by atoms with Crippen molar-refractivity contribution in [3.63, 3.8) is 0 Å². The molecular formula is C22H22N4O. The fourth-order valence-electron chi connectivity index (χ4n) is 2.79. The van der Waals surface area contributed by atoms with Gasteiger partial charge in [0.05, 0.1) is 0 Å². The second kappa shape index (κ2) is 8.27. The highest BCUT2D eigenvalue weighted by Gasteiger charge is 2.13. The maximum Gasteiger partial charge on any atom is 0.274 e. The third kappa shape index (κ3) is 4.79. The van der Waals surface area contributed by atoms with Gasteiger partial charge in [0, 0.05) is 23.9 Å². The molecule has 2 N–H and O–H groups in total. The summed E-state index contributed by atoms with van der Waals surface area (Å²) in [5.74, 6) is 0.797. The molecule has 136 valence electrons. The topological polar surface area (TPSA) is 66.9 Å². The van der Waals surface area contributed by atoms with Gasteiger partial charge < -0.3 is 10.6 Å². The normalized spacial score (nSPS) is 10.3. The Hall–Kier alpha value is -3.47. The van der Waals surface area contributed by atoms with Gasteiger partial charge in [-0.1, -0.05) is 42.5 Å². The standard InChI is InChI=1S/C22H22N4O/c1-4-10-23-20-14-19(25-21(26-20)17-8-6-5-7-9-17)22(27)24-18-12-15(2)11-16(3)13-18/h4-9,11-14H,1,10H2,2-3H3,(H,24,27)(H,23,25,26). The second-order valence-corrected chi connectivity index (χ2v) is 6.33. The van der Waals surface area contributed by atoms with Crippen molar-refractivity contribution in [2.24, 2.45) is 0 Å². The van der Waals surface area contributed by atoms with Crippen LogP contribution in [0.1, 0.15) is 21.6 Å². The van der Waals surface area contributed by atoms with Crippen LogP contribution in [-0.2, 0) is 0 Å². The third-order valence-corrected chi connectivity index (χ3v) is 3.90. The summed E-state index contributed by atoms with van der Waals surface area (Å²) in [6.45, 7) is 8.24. The first-order valence-corrected chi connectivity index (χ1v) is 8.74. The van der Waals surface area contributed by atoms with E-state index < -0.39 is 0 Å². The Labute approximate surface area is 159 Å². The van der Waals surface area contributed by atoms with Gasteiger partial charge in [0.1, 0.15) is 11.5 Å². The van der Waals surface area contributed by atoms with Gasteiger partial charge in [0.15, 0.2) is 5.82 Å². The Morgan fingerprint density at radius 3 is 2.41 bits per heavy atom. The molecule has 0 bridgehead atoms. The van der Waals surface area contributed by atoms with E-state index in [0.29, 0.717) is 23.9 Å². The van der Waals surface area contributed by atoms with E-state index in [-0.39, 0.29) is 5.91 Å². The van der Waals surface area contributed by atoms with Crippen LogP contribution in [-0.4, -0.2) is 22.4 Å². The molecule has 0 saturated carbocycles. The average molecular weight is 358 g/mol. The summed E-state index contributed by atoms with van der Waals surface area (Å²) in [6.07, 6.45) is 1.74. The molecule has 27 heavy (non-hydrogen) atoms. The maximum absolute atomic E-state index is 12.8. The number of aryl methyl sites for hydroxylation is 2. The van der Waals surface area contributed by atoms with Crippen molar-refractivity contribution in [3.05, 3.63) is 84.1 Å². The molecular weight excluding hydrogens is 336 g/mol. The molecule has 0 atom stereocenters. The molecule has 2 aromatic carbocycles. The summed E-state index contributed by atoms with van der Waals surface area (Å²) in [5.41, 5.74) is 4.07. The number of carbonyl (C=O) groups is 1. The summed E-state index contributed by atoms with van der Waals surface area (Å²) in [4.78, 5) is 21.8. The number of hydrogen-bond donors (Lipinski definition) is 2. The molecule has 1 aromatic heterocycles. The molecule has 0 saturated heterocycles. The van der Waals surface area contributed by atoms with Crippen molar-refractivity contribution in [2.45, 2.75) is 13.8 Å². The van der Waals surface area contributed by atoms with Crippen LogP contribution >= 0.6 is 0 Å². The summed E-state index contributed by atoms with van der Waals surface area (Å²) in [6, 6.07) is 17.2. The average Bonchev–Trinajstić information content (AvgIpc) is 2.66. The van der Waals surface area contributed by atoms with E-state index >= 15 is 0 Å². The van der Waals surface area contributed by atoms with Crippen molar-refractivity contribution >= 4 is 17.4 Å². The van der Waals surface area contributed by atoms with Gasteiger partial charge in [-0.2, -0.15) is 0 Å². The maximum atomic E-state index is 12.8. The van der Waals surface area contributed by atoms with Gasteiger partial charge in [-0.05, 0) is 37.1 Å². The molecule has 0 unspecified atom stereocenters. The summed E-state index contributed by atoms with van der Waals surface area (Å²) in [7, 11) is 0. The minimum atomic E-state index is -0.277. The highest BCUT2D eigenvalue weighted by molar-refractivity contribution is 6.03. The lowest BCUT2D eigenvalue weighted by molar-refractivity contribution is 0.102. The van der Waals surface area contributed by atoms with Gasteiger partial charge >= 0.3 is 0 Å². The Bertz CT molecular complexity index is 947. The fourth-order valence-corrected chi connectivity index (χ4v) is 2.79. The zero-order valence-corrected chi connectivity index (χ0v) is 15.5.